The summed E-state index contributed by atoms with van der Waals surface area (Å²) in [5, 5.41) is 3.51. The molecule has 1 fully saturated rings. The van der Waals surface area contributed by atoms with Gasteiger partial charge in [0.05, 0.1) is 0 Å². The number of piperidine rings is 1. The average Bonchev–Trinajstić information content (AvgIpc) is 2.79. The Labute approximate surface area is 121 Å². The van der Waals surface area contributed by atoms with Crippen molar-refractivity contribution in [2.45, 2.75) is 25.6 Å². The third kappa shape index (κ3) is 2.86. The topological polar surface area (TPSA) is 54.2 Å². The number of rotatable bonds is 3. The summed E-state index contributed by atoms with van der Waals surface area (Å²) < 4.78 is 19.2. The van der Waals surface area contributed by atoms with Crippen LogP contribution in [0, 0.1) is 0 Å². The Kier molecular flexibility index (Phi) is 3.76. The lowest BCUT2D eigenvalue weighted by Crippen LogP contribution is -2.47. The first kappa shape index (κ1) is 13.6. The van der Waals surface area contributed by atoms with Crippen LogP contribution in [-0.2, 0) is 0 Å². The average molecular weight is 299 g/mol. The monoisotopic (exact) mass is 298 g/mol. The number of oxazole rings is 1. The fraction of sp³-hybridized carbons (Fsp3) is 0.538. The largest absolute Gasteiger partial charge is 0.422 e. The van der Waals surface area contributed by atoms with Gasteiger partial charge in [0.1, 0.15) is 11.3 Å². The van der Waals surface area contributed by atoms with Crippen LogP contribution in [0.5, 0.6) is 0 Å². The van der Waals surface area contributed by atoms with Crippen molar-refractivity contribution >= 4 is 28.8 Å². The van der Waals surface area contributed by atoms with Crippen molar-refractivity contribution in [3.8, 4) is 0 Å². The maximum absolute atomic E-state index is 13.7. The van der Waals surface area contributed by atoms with Crippen molar-refractivity contribution < 1.29 is 8.81 Å². The predicted molar refractivity (Wildman–Crippen MR) is 75.9 cm³/mol. The van der Waals surface area contributed by atoms with Crippen LogP contribution in [0.15, 0.2) is 16.5 Å². The second-order valence-corrected chi connectivity index (χ2v) is 5.39. The highest BCUT2D eigenvalue weighted by Gasteiger charge is 2.27. The minimum Gasteiger partial charge on any atom is -0.422 e. The van der Waals surface area contributed by atoms with Crippen LogP contribution in [0.25, 0.3) is 11.2 Å². The van der Waals surface area contributed by atoms with E-state index >= 15 is 0 Å². The first-order valence-electron chi connectivity index (χ1n) is 6.70. The van der Waals surface area contributed by atoms with Gasteiger partial charge < -0.3 is 9.73 Å². The van der Waals surface area contributed by atoms with E-state index in [4.69, 9.17) is 16.0 Å². The van der Waals surface area contributed by atoms with Crippen molar-refractivity contribution in [3.63, 3.8) is 0 Å². The fourth-order valence-corrected chi connectivity index (χ4v) is 2.66. The number of likely N-dealkylation sites (N-methyl/N-ethyl adjacent to an activating group) is 1. The van der Waals surface area contributed by atoms with Crippen LogP contribution in [-0.4, -0.2) is 46.7 Å². The van der Waals surface area contributed by atoms with Crippen LogP contribution in [0.4, 0.5) is 10.4 Å². The highest BCUT2D eigenvalue weighted by Crippen LogP contribution is 2.22. The third-order valence-corrected chi connectivity index (χ3v) is 3.68. The molecule has 0 aliphatic carbocycles. The van der Waals surface area contributed by atoms with Gasteiger partial charge in [0, 0.05) is 25.6 Å². The van der Waals surface area contributed by atoms with Crippen molar-refractivity contribution in [2.24, 2.45) is 0 Å². The summed E-state index contributed by atoms with van der Waals surface area (Å²) in [6, 6.07) is 3.72. The first-order valence-corrected chi connectivity index (χ1v) is 7.08. The smallest absolute Gasteiger partial charge is 0.297 e. The summed E-state index contributed by atoms with van der Waals surface area (Å²) in [5.41, 5.74) is 1.02. The molecular weight excluding hydrogens is 283 g/mol. The Morgan fingerprint density at radius 2 is 2.30 bits per heavy atom. The van der Waals surface area contributed by atoms with Crippen LogP contribution >= 0.6 is 11.6 Å². The Morgan fingerprint density at radius 3 is 3.10 bits per heavy atom. The summed E-state index contributed by atoms with van der Waals surface area (Å²) in [4.78, 5) is 10.4. The number of pyridine rings is 1. The van der Waals surface area contributed by atoms with Crippen molar-refractivity contribution in [2.75, 3.05) is 25.0 Å². The van der Waals surface area contributed by atoms with Crippen molar-refractivity contribution in [1.82, 2.24) is 14.9 Å². The number of halogens is 2. The van der Waals surface area contributed by atoms with Crippen LogP contribution < -0.4 is 5.32 Å². The van der Waals surface area contributed by atoms with E-state index in [1.54, 1.807) is 12.1 Å². The Balaban J connectivity index is 1.75. The molecule has 2 atom stereocenters. The maximum atomic E-state index is 13.7. The van der Waals surface area contributed by atoms with Gasteiger partial charge in [0.15, 0.2) is 5.58 Å². The summed E-state index contributed by atoms with van der Waals surface area (Å²) in [6.45, 7) is 4.15. The molecular formula is C13H16ClFN4O. The zero-order valence-electron chi connectivity index (χ0n) is 11.1. The molecule has 0 unspecified atom stereocenters. The van der Waals surface area contributed by atoms with Gasteiger partial charge in [-0.1, -0.05) is 18.5 Å². The maximum Gasteiger partial charge on any atom is 0.297 e. The number of hydrogen-bond donors (Lipinski definition) is 1. The van der Waals surface area contributed by atoms with Gasteiger partial charge in [-0.3, -0.25) is 4.90 Å². The number of likely N-dealkylation sites (tertiary alicyclic amines) is 1. The zero-order valence-corrected chi connectivity index (χ0v) is 11.9. The molecule has 0 aromatic carbocycles. The molecule has 20 heavy (non-hydrogen) atoms. The number of hydrogen-bond acceptors (Lipinski definition) is 5. The summed E-state index contributed by atoms with van der Waals surface area (Å²) in [5.74, 6) is 0. The van der Waals surface area contributed by atoms with Gasteiger partial charge in [0.25, 0.3) is 6.01 Å². The van der Waals surface area contributed by atoms with Gasteiger partial charge in [-0.05, 0) is 18.7 Å². The molecule has 2 aromatic heterocycles. The molecule has 0 saturated carbocycles. The minimum absolute atomic E-state index is 0.0118. The summed E-state index contributed by atoms with van der Waals surface area (Å²) in [6.07, 6.45) is -0.359. The second kappa shape index (κ2) is 5.54. The van der Waals surface area contributed by atoms with Crippen molar-refractivity contribution in [3.05, 3.63) is 17.3 Å². The van der Waals surface area contributed by atoms with Gasteiger partial charge in [0.2, 0.25) is 5.65 Å². The molecule has 0 spiro atoms. The third-order valence-electron chi connectivity index (χ3n) is 3.47. The minimum atomic E-state index is -0.821. The van der Waals surface area contributed by atoms with E-state index in [2.05, 4.69) is 20.2 Å². The Hall–Kier alpha value is -1.40. The molecule has 2 aromatic rings. The SMILES string of the molecule is CCN1C[C@@H](F)C[C@@H](Nc2nc3nc(Cl)ccc3o2)C1. The summed E-state index contributed by atoms with van der Waals surface area (Å²) in [7, 11) is 0. The van der Waals surface area contributed by atoms with Gasteiger partial charge in [-0.25, -0.2) is 9.37 Å². The van der Waals surface area contributed by atoms with E-state index < -0.39 is 6.17 Å². The lowest BCUT2D eigenvalue weighted by Gasteiger charge is -2.33. The van der Waals surface area contributed by atoms with Crippen molar-refractivity contribution in [1.29, 1.82) is 0 Å². The van der Waals surface area contributed by atoms with E-state index in [-0.39, 0.29) is 6.04 Å². The van der Waals surface area contributed by atoms with Crippen LogP contribution in [0.3, 0.4) is 0 Å². The quantitative estimate of drug-likeness (QED) is 0.883. The molecule has 1 N–H and O–H groups in total. The highest BCUT2D eigenvalue weighted by atomic mass is 35.5. The Morgan fingerprint density at radius 1 is 1.45 bits per heavy atom. The molecule has 1 saturated heterocycles. The molecule has 0 radical (unpaired) electrons. The van der Waals surface area contributed by atoms with E-state index in [9.17, 15) is 4.39 Å². The molecule has 7 heteroatoms. The second-order valence-electron chi connectivity index (χ2n) is 5.00. The molecule has 0 bridgehead atoms. The lowest BCUT2D eigenvalue weighted by molar-refractivity contribution is 0.134. The number of fused-ring (bicyclic) bond motifs is 1. The lowest BCUT2D eigenvalue weighted by atomic mass is 10.0. The molecule has 3 rings (SSSR count). The summed E-state index contributed by atoms with van der Waals surface area (Å²) >= 11 is 5.81. The number of nitrogens with zero attached hydrogens (tertiary/aromatic N) is 3. The Bertz CT molecular complexity index is 605. The molecule has 1 aliphatic rings. The van der Waals surface area contributed by atoms with Crippen LogP contribution in [0.1, 0.15) is 13.3 Å². The van der Waals surface area contributed by atoms with Gasteiger partial charge in [-0.15, -0.1) is 0 Å². The van der Waals surface area contributed by atoms with Gasteiger partial charge in [-0.2, -0.15) is 4.98 Å². The van der Waals surface area contributed by atoms with E-state index in [1.807, 2.05) is 6.92 Å². The standard InChI is InChI=1S/C13H16ClFN4O/c1-2-19-6-8(15)5-9(7-19)16-13-18-12-10(20-13)3-4-11(14)17-12/h3-4,8-9H,2,5-7H2,1H3,(H,16,17,18)/t8-,9+/m0/s1. The number of nitrogens with one attached hydrogen (secondary N) is 1. The number of aromatic nitrogens is 2. The highest BCUT2D eigenvalue weighted by molar-refractivity contribution is 6.29. The normalized spacial score (nSPS) is 24.1. The molecule has 5 nitrogen and oxygen atoms in total. The molecule has 0 amide bonds. The molecule has 108 valence electrons. The van der Waals surface area contributed by atoms with E-state index in [0.29, 0.717) is 35.4 Å². The van der Waals surface area contributed by atoms with E-state index in [1.165, 1.54) is 0 Å². The molecule has 1 aliphatic heterocycles. The zero-order chi connectivity index (χ0) is 14.1. The fourth-order valence-electron chi connectivity index (χ4n) is 2.52. The van der Waals surface area contributed by atoms with Crippen LogP contribution in [0.2, 0.25) is 5.15 Å². The number of anilines is 1. The van der Waals surface area contributed by atoms with Gasteiger partial charge >= 0.3 is 0 Å². The predicted octanol–water partition coefficient (Wildman–Crippen LogP) is 2.72. The van der Waals surface area contributed by atoms with E-state index in [0.717, 1.165) is 13.1 Å². The first-order chi connectivity index (χ1) is 9.64. The number of alkyl halides is 1. The molecule has 3 heterocycles.